The van der Waals surface area contributed by atoms with Crippen molar-refractivity contribution >= 4 is 28.4 Å². The van der Waals surface area contributed by atoms with Gasteiger partial charge in [-0.25, -0.2) is 0 Å². The Labute approximate surface area is 180 Å². The fourth-order valence-electron chi connectivity index (χ4n) is 3.56. The van der Waals surface area contributed by atoms with Gasteiger partial charge in [-0.2, -0.15) is 5.10 Å². The predicted octanol–water partition coefficient (Wildman–Crippen LogP) is 4.28. The summed E-state index contributed by atoms with van der Waals surface area (Å²) in [5.41, 5.74) is 5.03. The van der Waals surface area contributed by atoms with Crippen molar-refractivity contribution in [3.8, 4) is 0 Å². The number of anilines is 1. The fourth-order valence-corrected chi connectivity index (χ4v) is 3.56. The second-order valence-corrected chi connectivity index (χ2v) is 7.50. The molecule has 2 amide bonds. The van der Waals surface area contributed by atoms with Gasteiger partial charge in [-0.3, -0.25) is 14.3 Å². The van der Waals surface area contributed by atoms with Crippen molar-refractivity contribution in [1.82, 2.24) is 15.1 Å². The molecule has 3 aromatic carbocycles. The molecule has 6 nitrogen and oxygen atoms in total. The van der Waals surface area contributed by atoms with Gasteiger partial charge in [0.25, 0.3) is 5.91 Å². The van der Waals surface area contributed by atoms with Gasteiger partial charge in [0, 0.05) is 23.6 Å². The summed E-state index contributed by atoms with van der Waals surface area (Å²) < 4.78 is 1.97. The lowest BCUT2D eigenvalue weighted by Crippen LogP contribution is -2.23. The molecular formula is C25H24N4O2. The van der Waals surface area contributed by atoms with Crippen molar-refractivity contribution in [2.24, 2.45) is 0 Å². The third-order valence-corrected chi connectivity index (χ3v) is 5.14. The van der Waals surface area contributed by atoms with Crippen LogP contribution in [0.4, 0.5) is 5.69 Å². The van der Waals surface area contributed by atoms with E-state index in [9.17, 15) is 9.59 Å². The van der Waals surface area contributed by atoms with Crippen LogP contribution in [0.5, 0.6) is 0 Å². The van der Waals surface area contributed by atoms with Crippen molar-refractivity contribution in [2.45, 2.75) is 26.9 Å². The topological polar surface area (TPSA) is 76.0 Å². The summed E-state index contributed by atoms with van der Waals surface area (Å²) in [6.07, 6.45) is 0. The minimum atomic E-state index is -0.215. The summed E-state index contributed by atoms with van der Waals surface area (Å²) in [6, 6.07) is 23.5. The van der Waals surface area contributed by atoms with E-state index in [0.29, 0.717) is 24.3 Å². The number of para-hydroxylation sites is 1. The van der Waals surface area contributed by atoms with Crippen molar-refractivity contribution in [3.63, 3.8) is 0 Å². The molecule has 31 heavy (non-hydrogen) atoms. The Morgan fingerprint density at radius 2 is 1.71 bits per heavy atom. The molecule has 0 radical (unpaired) electrons. The molecule has 4 aromatic rings. The summed E-state index contributed by atoms with van der Waals surface area (Å²) in [4.78, 5) is 24.1. The fraction of sp³-hybridized carbons (Fsp3) is 0.160. The number of carbonyl (C=O) groups is 2. The van der Waals surface area contributed by atoms with E-state index < -0.39 is 0 Å². The zero-order valence-electron chi connectivity index (χ0n) is 17.6. The normalized spacial score (nSPS) is 10.8. The number of fused-ring (bicyclic) bond motifs is 1. The third kappa shape index (κ3) is 4.64. The summed E-state index contributed by atoms with van der Waals surface area (Å²) in [5.74, 6) is -0.385. The van der Waals surface area contributed by atoms with Crippen LogP contribution in [-0.2, 0) is 17.9 Å². The molecule has 0 saturated carbocycles. The quantitative estimate of drug-likeness (QED) is 0.496. The number of nitrogens with one attached hydrogen (secondary N) is 2. The molecule has 0 bridgehead atoms. The number of aromatic nitrogens is 2. The maximum Gasteiger partial charge on any atom is 0.251 e. The molecule has 4 rings (SSSR count). The Morgan fingerprint density at radius 1 is 0.968 bits per heavy atom. The Balaban J connectivity index is 1.54. The van der Waals surface area contributed by atoms with E-state index in [2.05, 4.69) is 22.8 Å². The molecule has 2 N–H and O–H groups in total. The average molecular weight is 412 g/mol. The van der Waals surface area contributed by atoms with E-state index in [4.69, 9.17) is 5.10 Å². The van der Waals surface area contributed by atoms with E-state index in [1.165, 1.54) is 6.92 Å². The van der Waals surface area contributed by atoms with Crippen LogP contribution in [0, 0.1) is 6.92 Å². The monoisotopic (exact) mass is 412 g/mol. The zero-order valence-corrected chi connectivity index (χ0v) is 17.6. The Hall–Kier alpha value is -3.93. The first-order valence-corrected chi connectivity index (χ1v) is 10.2. The lowest BCUT2D eigenvalue weighted by atomic mass is 10.1. The smallest absolute Gasteiger partial charge is 0.251 e. The molecule has 1 aromatic heterocycles. The van der Waals surface area contributed by atoms with Crippen LogP contribution in [0.3, 0.4) is 0 Å². The molecular weight excluding hydrogens is 388 g/mol. The highest BCUT2D eigenvalue weighted by molar-refractivity contribution is 5.97. The van der Waals surface area contributed by atoms with Crippen LogP contribution in [0.25, 0.3) is 10.9 Å². The largest absolute Gasteiger partial charge is 0.346 e. The molecule has 0 aliphatic rings. The van der Waals surface area contributed by atoms with Crippen molar-refractivity contribution in [3.05, 3.63) is 95.2 Å². The molecule has 0 spiro atoms. The Kier molecular flexibility index (Phi) is 5.80. The van der Waals surface area contributed by atoms with Gasteiger partial charge in [0.2, 0.25) is 5.91 Å². The van der Waals surface area contributed by atoms with Gasteiger partial charge in [-0.1, -0.05) is 54.6 Å². The lowest BCUT2D eigenvalue weighted by Gasteiger charge is -2.09. The highest BCUT2D eigenvalue weighted by Crippen LogP contribution is 2.20. The molecule has 0 saturated heterocycles. The SMILES string of the molecule is CC(=O)Nc1cc(C(=O)NCc2nn(Cc3ccccc3)c3ccccc23)ccc1C. The number of carbonyl (C=O) groups excluding carboxylic acids is 2. The molecule has 156 valence electrons. The molecule has 0 atom stereocenters. The number of hydrogen-bond donors (Lipinski definition) is 2. The van der Waals surface area contributed by atoms with Gasteiger partial charge in [0.05, 0.1) is 24.3 Å². The summed E-state index contributed by atoms with van der Waals surface area (Å²) >= 11 is 0. The molecule has 0 aliphatic heterocycles. The minimum Gasteiger partial charge on any atom is -0.346 e. The van der Waals surface area contributed by atoms with E-state index in [1.807, 2.05) is 60.1 Å². The molecule has 0 unspecified atom stereocenters. The molecule has 1 heterocycles. The number of aryl methyl sites for hydroxylation is 1. The first-order chi connectivity index (χ1) is 15.0. The van der Waals surface area contributed by atoms with Crippen LogP contribution in [0.1, 0.15) is 34.1 Å². The van der Waals surface area contributed by atoms with Gasteiger partial charge in [0.1, 0.15) is 0 Å². The number of rotatable bonds is 6. The minimum absolute atomic E-state index is 0.170. The number of benzene rings is 3. The summed E-state index contributed by atoms with van der Waals surface area (Å²) in [7, 11) is 0. The predicted molar refractivity (Wildman–Crippen MR) is 122 cm³/mol. The van der Waals surface area contributed by atoms with Gasteiger partial charge >= 0.3 is 0 Å². The number of hydrogen-bond acceptors (Lipinski definition) is 3. The van der Waals surface area contributed by atoms with Crippen molar-refractivity contribution in [2.75, 3.05) is 5.32 Å². The van der Waals surface area contributed by atoms with Crippen LogP contribution < -0.4 is 10.6 Å². The van der Waals surface area contributed by atoms with Crippen molar-refractivity contribution in [1.29, 1.82) is 0 Å². The molecule has 6 heteroatoms. The van der Waals surface area contributed by atoms with E-state index >= 15 is 0 Å². The van der Waals surface area contributed by atoms with Crippen LogP contribution in [-0.4, -0.2) is 21.6 Å². The molecule has 0 aliphatic carbocycles. The van der Waals surface area contributed by atoms with Gasteiger partial charge in [0.15, 0.2) is 0 Å². The summed E-state index contributed by atoms with van der Waals surface area (Å²) in [5, 5.41) is 11.5. The highest BCUT2D eigenvalue weighted by Gasteiger charge is 2.13. The van der Waals surface area contributed by atoms with E-state index in [-0.39, 0.29) is 11.8 Å². The second kappa shape index (κ2) is 8.83. The van der Waals surface area contributed by atoms with Gasteiger partial charge in [-0.15, -0.1) is 0 Å². The van der Waals surface area contributed by atoms with Gasteiger partial charge in [-0.05, 0) is 36.2 Å². The zero-order chi connectivity index (χ0) is 21.8. The van der Waals surface area contributed by atoms with E-state index in [0.717, 1.165) is 27.7 Å². The van der Waals surface area contributed by atoms with Gasteiger partial charge < -0.3 is 10.6 Å². The van der Waals surface area contributed by atoms with E-state index in [1.54, 1.807) is 12.1 Å². The Bertz CT molecular complexity index is 1250. The van der Waals surface area contributed by atoms with Crippen molar-refractivity contribution < 1.29 is 9.59 Å². The average Bonchev–Trinajstić information content (AvgIpc) is 3.11. The lowest BCUT2D eigenvalue weighted by molar-refractivity contribution is -0.114. The number of nitrogens with zero attached hydrogens (tertiary/aromatic N) is 2. The second-order valence-electron chi connectivity index (χ2n) is 7.50. The number of amides is 2. The summed E-state index contributed by atoms with van der Waals surface area (Å²) in [6.45, 7) is 4.30. The first-order valence-electron chi connectivity index (χ1n) is 10.2. The highest BCUT2D eigenvalue weighted by atomic mass is 16.2. The van der Waals surface area contributed by atoms with Crippen LogP contribution in [0.2, 0.25) is 0 Å². The maximum atomic E-state index is 12.7. The third-order valence-electron chi connectivity index (χ3n) is 5.14. The Morgan fingerprint density at radius 3 is 2.48 bits per heavy atom. The standard InChI is InChI=1S/C25H24N4O2/c1-17-12-13-20(14-22(17)27-18(2)30)25(31)26-15-23-21-10-6-7-11-24(21)29(28-23)16-19-8-4-3-5-9-19/h3-14H,15-16H2,1-2H3,(H,26,31)(H,27,30). The van der Waals surface area contributed by atoms with Crippen LogP contribution in [0.15, 0.2) is 72.8 Å². The molecule has 0 fully saturated rings. The first kappa shape index (κ1) is 20.3. The van der Waals surface area contributed by atoms with Crippen LogP contribution >= 0.6 is 0 Å². The maximum absolute atomic E-state index is 12.7.